The van der Waals surface area contributed by atoms with Gasteiger partial charge in [-0.25, -0.2) is 4.98 Å². The molecule has 0 unspecified atom stereocenters. The van der Waals surface area contributed by atoms with Gasteiger partial charge in [-0.2, -0.15) is 0 Å². The molecule has 64 valence electrons. The van der Waals surface area contributed by atoms with E-state index >= 15 is 0 Å². The van der Waals surface area contributed by atoms with E-state index in [1.54, 1.807) is 6.92 Å². The van der Waals surface area contributed by atoms with Crippen LogP contribution in [0.5, 0.6) is 0 Å². The molecule has 0 saturated carbocycles. The van der Waals surface area contributed by atoms with Crippen LogP contribution in [0.25, 0.3) is 0 Å². The molecule has 0 N–H and O–H groups in total. The third-order valence-corrected chi connectivity index (χ3v) is 2.17. The molecular formula is C7H7N2O2S-. The molecule has 0 radical (unpaired) electrons. The minimum Gasteiger partial charge on any atom is -0.549 e. The quantitative estimate of drug-likeness (QED) is 0.602. The first-order valence-electron chi connectivity index (χ1n) is 3.33. The fourth-order valence-electron chi connectivity index (χ4n) is 0.576. The van der Waals surface area contributed by atoms with Gasteiger partial charge in [0, 0.05) is 17.6 Å². The first-order valence-corrected chi connectivity index (χ1v) is 4.21. The summed E-state index contributed by atoms with van der Waals surface area (Å²) >= 11 is 1.12. The molecule has 12 heavy (non-hydrogen) atoms. The summed E-state index contributed by atoms with van der Waals surface area (Å²) < 4.78 is 0. The largest absolute Gasteiger partial charge is 0.549 e. The maximum Gasteiger partial charge on any atom is 0.115 e. The highest BCUT2D eigenvalue weighted by Gasteiger charge is 2.05. The summed E-state index contributed by atoms with van der Waals surface area (Å²) in [7, 11) is 0. The van der Waals surface area contributed by atoms with E-state index in [1.807, 2.05) is 0 Å². The fourth-order valence-corrected chi connectivity index (χ4v) is 1.28. The molecule has 1 atom stereocenters. The zero-order valence-electron chi connectivity index (χ0n) is 6.43. The summed E-state index contributed by atoms with van der Waals surface area (Å²) in [5.74, 6) is -1.09. The lowest BCUT2D eigenvalue weighted by Crippen LogP contribution is -2.31. The van der Waals surface area contributed by atoms with E-state index in [1.165, 1.54) is 18.6 Å². The van der Waals surface area contributed by atoms with E-state index in [4.69, 9.17) is 0 Å². The Hall–Kier alpha value is -1.10. The van der Waals surface area contributed by atoms with Gasteiger partial charge in [-0.05, 0) is 6.92 Å². The topological polar surface area (TPSA) is 65.9 Å². The average molecular weight is 183 g/mol. The van der Waals surface area contributed by atoms with Crippen LogP contribution in [0.1, 0.15) is 6.92 Å². The lowest BCUT2D eigenvalue weighted by atomic mass is 10.5. The number of carbonyl (C=O) groups excluding carboxylic acids is 1. The van der Waals surface area contributed by atoms with Crippen molar-refractivity contribution >= 4 is 17.7 Å². The van der Waals surface area contributed by atoms with Crippen molar-refractivity contribution < 1.29 is 9.90 Å². The number of thioether (sulfide) groups is 1. The van der Waals surface area contributed by atoms with Gasteiger partial charge in [0.25, 0.3) is 0 Å². The second-order valence-corrected chi connectivity index (χ2v) is 3.48. The molecule has 0 aliphatic rings. The van der Waals surface area contributed by atoms with Crippen LogP contribution in [0.2, 0.25) is 0 Å². The number of carboxylic acids is 1. The number of aromatic nitrogens is 2. The van der Waals surface area contributed by atoms with E-state index in [9.17, 15) is 9.90 Å². The van der Waals surface area contributed by atoms with Crippen molar-refractivity contribution in [1.29, 1.82) is 0 Å². The van der Waals surface area contributed by atoms with Gasteiger partial charge >= 0.3 is 0 Å². The SMILES string of the molecule is C[C@@H](Sc1cnccn1)C(=O)[O-]. The fraction of sp³-hybridized carbons (Fsp3) is 0.286. The van der Waals surface area contributed by atoms with Crippen LogP contribution in [-0.2, 0) is 4.79 Å². The Morgan fingerprint density at radius 1 is 1.67 bits per heavy atom. The molecule has 0 saturated heterocycles. The van der Waals surface area contributed by atoms with Gasteiger partial charge in [0.2, 0.25) is 0 Å². The van der Waals surface area contributed by atoms with E-state index in [0.29, 0.717) is 5.03 Å². The van der Waals surface area contributed by atoms with Gasteiger partial charge in [0.05, 0.1) is 12.2 Å². The van der Waals surface area contributed by atoms with Crippen molar-refractivity contribution in [3.63, 3.8) is 0 Å². The van der Waals surface area contributed by atoms with Crippen molar-refractivity contribution in [2.45, 2.75) is 17.2 Å². The first kappa shape index (κ1) is 8.99. The number of rotatable bonds is 3. The van der Waals surface area contributed by atoms with E-state index < -0.39 is 11.2 Å². The summed E-state index contributed by atoms with van der Waals surface area (Å²) in [5, 5.41) is 10.3. The number of carbonyl (C=O) groups is 1. The molecule has 1 heterocycles. The van der Waals surface area contributed by atoms with Gasteiger partial charge < -0.3 is 9.90 Å². The van der Waals surface area contributed by atoms with Gasteiger partial charge in [-0.1, -0.05) is 11.8 Å². The summed E-state index contributed by atoms with van der Waals surface area (Å²) in [4.78, 5) is 18.0. The van der Waals surface area contributed by atoms with Gasteiger partial charge in [-0.15, -0.1) is 0 Å². The summed E-state index contributed by atoms with van der Waals surface area (Å²) in [6.07, 6.45) is 4.57. The Labute approximate surface area is 74.0 Å². The van der Waals surface area contributed by atoms with Crippen LogP contribution in [0.15, 0.2) is 23.6 Å². The van der Waals surface area contributed by atoms with Crippen LogP contribution in [0.3, 0.4) is 0 Å². The molecule has 1 aromatic rings. The summed E-state index contributed by atoms with van der Waals surface area (Å²) in [6.45, 7) is 1.55. The Kier molecular flexibility index (Phi) is 3.04. The average Bonchev–Trinajstić information content (AvgIpc) is 2.06. The molecule has 4 nitrogen and oxygen atoms in total. The van der Waals surface area contributed by atoms with Crippen LogP contribution >= 0.6 is 11.8 Å². The van der Waals surface area contributed by atoms with Gasteiger partial charge in [0.1, 0.15) is 5.03 Å². The Morgan fingerprint density at radius 3 is 2.92 bits per heavy atom. The molecule has 1 aromatic heterocycles. The molecule has 0 spiro atoms. The van der Waals surface area contributed by atoms with Crippen LogP contribution < -0.4 is 5.11 Å². The molecule has 5 heteroatoms. The third kappa shape index (κ3) is 2.50. The van der Waals surface area contributed by atoms with E-state index in [-0.39, 0.29) is 0 Å². The third-order valence-electron chi connectivity index (χ3n) is 1.17. The van der Waals surface area contributed by atoms with Crippen molar-refractivity contribution in [3.8, 4) is 0 Å². The predicted molar refractivity (Wildman–Crippen MR) is 42.4 cm³/mol. The molecule has 0 bridgehead atoms. The van der Waals surface area contributed by atoms with Crippen molar-refractivity contribution in [2.24, 2.45) is 0 Å². The highest BCUT2D eigenvalue weighted by molar-refractivity contribution is 8.00. The first-order chi connectivity index (χ1) is 5.70. The minimum atomic E-state index is -1.09. The summed E-state index contributed by atoms with van der Waals surface area (Å²) in [5.41, 5.74) is 0. The molecule has 0 aromatic carbocycles. The van der Waals surface area contributed by atoms with Crippen molar-refractivity contribution in [1.82, 2.24) is 9.97 Å². The molecular weight excluding hydrogens is 176 g/mol. The molecule has 1 rings (SSSR count). The highest BCUT2D eigenvalue weighted by atomic mass is 32.2. The normalized spacial score (nSPS) is 12.4. The lowest BCUT2D eigenvalue weighted by Gasteiger charge is -2.09. The highest BCUT2D eigenvalue weighted by Crippen LogP contribution is 2.18. The Morgan fingerprint density at radius 2 is 2.42 bits per heavy atom. The van der Waals surface area contributed by atoms with Crippen molar-refractivity contribution in [2.75, 3.05) is 0 Å². The zero-order valence-corrected chi connectivity index (χ0v) is 7.25. The number of aliphatic carboxylic acids is 1. The van der Waals surface area contributed by atoms with Crippen LogP contribution in [0.4, 0.5) is 0 Å². The van der Waals surface area contributed by atoms with E-state index in [2.05, 4.69) is 9.97 Å². The number of hydrogen-bond donors (Lipinski definition) is 0. The number of hydrogen-bond acceptors (Lipinski definition) is 5. The Balaban J connectivity index is 2.58. The van der Waals surface area contributed by atoms with Gasteiger partial charge in [-0.3, -0.25) is 4.98 Å². The lowest BCUT2D eigenvalue weighted by molar-refractivity contribution is -0.304. The monoisotopic (exact) mass is 183 g/mol. The van der Waals surface area contributed by atoms with Crippen LogP contribution in [-0.4, -0.2) is 21.2 Å². The Bertz CT molecular complexity index is 265. The minimum absolute atomic E-state index is 0.592. The summed E-state index contributed by atoms with van der Waals surface area (Å²) in [6, 6.07) is 0. The predicted octanol–water partition coefficient (Wildman–Crippen LogP) is -0.293. The molecule has 0 amide bonds. The smallest absolute Gasteiger partial charge is 0.115 e. The molecule has 0 fully saturated rings. The van der Waals surface area contributed by atoms with E-state index in [0.717, 1.165) is 11.8 Å². The maximum absolute atomic E-state index is 10.3. The number of nitrogens with zero attached hydrogens (tertiary/aromatic N) is 2. The molecule has 0 aliphatic carbocycles. The molecule has 0 aliphatic heterocycles. The van der Waals surface area contributed by atoms with Crippen molar-refractivity contribution in [3.05, 3.63) is 18.6 Å². The second-order valence-electron chi connectivity index (χ2n) is 2.12. The maximum atomic E-state index is 10.3. The standard InChI is InChI=1S/C7H8N2O2S/c1-5(7(10)11)12-6-4-8-2-3-9-6/h2-5H,1H3,(H,10,11)/p-1/t5-/m1/s1. The van der Waals surface area contributed by atoms with Crippen LogP contribution in [0, 0.1) is 0 Å². The number of carboxylic acid groups (broad SMARTS) is 1. The zero-order chi connectivity index (χ0) is 8.97. The second kappa shape index (κ2) is 4.06. The van der Waals surface area contributed by atoms with Gasteiger partial charge in [0.15, 0.2) is 0 Å².